The van der Waals surface area contributed by atoms with Crippen LogP contribution in [0.15, 0.2) is 39.4 Å². The van der Waals surface area contributed by atoms with E-state index in [0.717, 1.165) is 36.1 Å². The summed E-state index contributed by atoms with van der Waals surface area (Å²) in [5, 5.41) is 12.4. The van der Waals surface area contributed by atoms with E-state index >= 15 is 0 Å². The number of likely N-dealkylation sites (tertiary alicyclic amines) is 1. The molecule has 7 nitrogen and oxygen atoms in total. The molecule has 5 rings (SSSR count). The van der Waals surface area contributed by atoms with E-state index in [0.29, 0.717) is 30.6 Å². The Morgan fingerprint density at radius 3 is 3.06 bits per heavy atom. The molecule has 0 unspecified atom stereocenters. The highest BCUT2D eigenvalue weighted by Gasteiger charge is 2.33. The second-order valence-corrected chi connectivity index (χ2v) is 9.49. The van der Waals surface area contributed by atoms with Crippen molar-refractivity contribution >= 4 is 17.2 Å². The number of benzene rings is 1. The van der Waals surface area contributed by atoms with Crippen molar-refractivity contribution in [2.75, 3.05) is 19.7 Å². The molecule has 1 atom stereocenters. The van der Waals surface area contributed by atoms with Gasteiger partial charge in [0.05, 0.1) is 5.92 Å². The van der Waals surface area contributed by atoms with E-state index in [9.17, 15) is 4.79 Å². The molecule has 1 amide bonds. The van der Waals surface area contributed by atoms with E-state index in [1.165, 1.54) is 0 Å². The fourth-order valence-corrected chi connectivity index (χ4v) is 4.87. The Balaban J connectivity index is 1.22. The van der Waals surface area contributed by atoms with Crippen molar-refractivity contribution in [2.45, 2.75) is 44.6 Å². The number of carbonyl (C=O) groups is 1. The van der Waals surface area contributed by atoms with Crippen LogP contribution in [-0.2, 0) is 11.2 Å². The predicted molar refractivity (Wildman–Crippen MR) is 117 cm³/mol. The van der Waals surface area contributed by atoms with Gasteiger partial charge in [0, 0.05) is 36.0 Å². The number of para-hydroxylation sites is 1. The van der Waals surface area contributed by atoms with Crippen LogP contribution in [0.2, 0.25) is 0 Å². The van der Waals surface area contributed by atoms with Gasteiger partial charge >= 0.3 is 0 Å². The summed E-state index contributed by atoms with van der Waals surface area (Å²) in [5.74, 6) is 2.51. The fourth-order valence-electron chi connectivity index (χ4n) is 4.24. The zero-order chi connectivity index (χ0) is 21.4. The van der Waals surface area contributed by atoms with Gasteiger partial charge in [-0.15, -0.1) is 10.2 Å². The van der Waals surface area contributed by atoms with Crippen molar-refractivity contribution in [1.29, 1.82) is 0 Å². The monoisotopic (exact) mass is 439 g/mol. The average molecular weight is 440 g/mol. The fraction of sp³-hybridized carbons (Fsp3) is 0.435. The van der Waals surface area contributed by atoms with E-state index in [-0.39, 0.29) is 24.0 Å². The van der Waals surface area contributed by atoms with Gasteiger partial charge in [-0.1, -0.05) is 12.1 Å². The third-order valence-electron chi connectivity index (χ3n) is 5.74. The molecule has 2 aliphatic heterocycles. The molecule has 0 saturated carbocycles. The van der Waals surface area contributed by atoms with Gasteiger partial charge in [0.25, 0.3) is 5.91 Å². The van der Waals surface area contributed by atoms with Gasteiger partial charge in [-0.25, -0.2) is 0 Å². The Morgan fingerprint density at radius 2 is 2.23 bits per heavy atom. The molecule has 4 heterocycles. The van der Waals surface area contributed by atoms with Crippen LogP contribution in [0.4, 0.5) is 0 Å². The second kappa shape index (κ2) is 8.00. The number of nitrogens with zero attached hydrogens (tertiary/aromatic N) is 3. The lowest BCUT2D eigenvalue weighted by Crippen LogP contribution is -2.41. The zero-order valence-electron chi connectivity index (χ0n) is 17.7. The van der Waals surface area contributed by atoms with Crippen LogP contribution in [0.25, 0.3) is 11.5 Å². The van der Waals surface area contributed by atoms with Gasteiger partial charge < -0.3 is 18.8 Å². The minimum absolute atomic E-state index is 0.0169. The molecular weight excluding hydrogens is 414 g/mol. The maximum absolute atomic E-state index is 12.9. The highest BCUT2D eigenvalue weighted by atomic mass is 32.1. The van der Waals surface area contributed by atoms with Crippen molar-refractivity contribution in [1.82, 2.24) is 15.1 Å². The van der Waals surface area contributed by atoms with Crippen LogP contribution < -0.4 is 9.47 Å². The van der Waals surface area contributed by atoms with Crippen LogP contribution in [0.3, 0.4) is 0 Å². The Labute approximate surface area is 185 Å². The van der Waals surface area contributed by atoms with Gasteiger partial charge in [-0.3, -0.25) is 4.79 Å². The van der Waals surface area contributed by atoms with Gasteiger partial charge in [0.1, 0.15) is 5.60 Å². The number of fused-ring (bicyclic) bond motifs is 1. The van der Waals surface area contributed by atoms with Gasteiger partial charge in [0.15, 0.2) is 18.1 Å². The molecule has 1 fully saturated rings. The van der Waals surface area contributed by atoms with Gasteiger partial charge in [-0.05, 0) is 44.2 Å². The lowest BCUT2D eigenvalue weighted by Gasteiger charge is -2.31. The van der Waals surface area contributed by atoms with E-state index in [2.05, 4.69) is 24.0 Å². The van der Waals surface area contributed by atoms with E-state index in [1.807, 2.05) is 39.9 Å². The minimum atomic E-state index is -0.252. The SMILES string of the molecule is CC1(C)Cc2cccc(OCC(=O)N3CCC[C@H](c4nnc(-c5ccsc5)o4)C3)c2O1. The smallest absolute Gasteiger partial charge is 0.260 e. The summed E-state index contributed by atoms with van der Waals surface area (Å²) in [7, 11) is 0. The van der Waals surface area contributed by atoms with Crippen LogP contribution in [-0.4, -0.2) is 46.3 Å². The molecule has 31 heavy (non-hydrogen) atoms. The Kier molecular flexibility index (Phi) is 5.17. The molecule has 162 valence electrons. The third-order valence-corrected chi connectivity index (χ3v) is 6.42. The van der Waals surface area contributed by atoms with Crippen LogP contribution in [0.5, 0.6) is 11.5 Å². The highest BCUT2D eigenvalue weighted by Crippen LogP contribution is 2.41. The van der Waals surface area contributed by atoms with Crippen LogP contribution in [0, 0.1) is 0 Å². The largest absolute Gasteiger partial charge is 0.483 e. The van der Waals surface area contributed by atoms with Crippen LogP contribution in [0.1, 0.15) is 44.1 Å². The lowest BCUT2D eigenvalue weighted by atomic mass is 9.98. The van der Waals surface area contributed by atoms with Crippen molar-refractivity contribution < 1.29 is 18.7 Å². The molecule has 0 N–H and O–H groups in total. The minimum Gasteiger partial charge on any atom is -0.483 e. The summed E-state index contributed by atoms with van der Waals surface area (Å²) in [6.07, 6.45) is 2.65. The lowest BCUT2D eigenvalue weighted by molar-refractivity contribution is -0.134. The average Bonchev–Trinajstić information content (AvgIpc) is 3.50. The standard InChI is InChI=1S/C23H25N3O4S/c1-23(2)11-15-5-3-7-18(20(15)30-23)28-13-19(27)26-9-4-6-16(12-26)21-24-25-22(29-21)17-8-10-31-14-17/h3,5,7-8,10,14,16H,4,6,9,11-13H2,1-2H3/t16-/m0/s1. The number of piperidine rings is 1. The number of carbonyl (C=O) groups excluding carboxylic acids is 1. The predicted octanol–water partition coefficient (Wildman–Crippen LogP) is 4.30. The molecule has 3 aromatic rings. The molecule has 0 radical (unpaired) electrons. The second-order valence-electron chi connectivity index (χ2n) is 8.71. The molecule has 8 heteroatoms. The maximum Gasteiger partial charge on any atom is 0.260 e. The van der Waals surface area contributed by atoms with Crippen molar-refractivity contribution in [2.24, 2.45) is 0 Å². The van der Waals surface area contributed by atoms with E-state index < -0.39 is 0 Å². The number of aromatic nitrogens is 2. The number of thiophene rings is 1. The first-order valence-electron chi connectivity index (χ1n) is 10.6. The summed E-state index contributed by atoms with van der Waals surface area (Å²) < 4.78 is 17.8. The first-order chi connectivity index (χ1) is 15.0. The number of hydrogen-bond acceptors (Lipinski definition) is 7. The molecule has 1 saturated heterocycles. The van der Waals surface area contributed by atoms with E-state index in [1.54, 1.807) is 11.3 Å². The van der Waals surface area contributed by atoms with Crippen molar-refractivity contribution in [3.05, 3.63) is 46.5 Å². The van der Waals surface area contributed by atoms with Gasteiger partial charge in [0.2, 0.25) is 11.8 Å². The Morgan fingerprint density at radius 1 is 1.32 bits per heavy atom. The van der Waals surface area contributed by atoms with E-state index in [4.69, 9.17) is 13.9 Å². The van der Waals surface area contributed by atoms with Crippen molar-refractivity contribution in [3.63, 3.8) is 0 Å². The summed E-state index contributed by atoms with van der Waals surface area (Å²) in [6.45, 7) is 5.36. The molecule has 0 bridgehead atoms. The topological polar surface area (TPSA) is 77.7 Å². The molecule has 1 aromatic carbocycles. The number of amides is 1. The first kappa shape index (κ1) is 20.1. The quantitative estimate of drug-likeness (QED) is 0.590. The molecule has 0 aliphatic carbocycles. The zero-order valence-corrected chi connectivity index (χ0v) is 18.5. The molecule has 0 spiro atoms. The maximum atomic E-state index is 12.9. The normalized spacial score (nSPS) is 19.7. The molecular formula is C23H25N3O4S. The Hall–Kier alpha value is -2.87. The first-order valence-corrected chi connectivity index (χ1v) is 11.5. The summed E-state index contributed by atoms with van der Waals surface area (Å²) >= 11 is 1.59. The summed E-state index contributed by atoms with van der Waals surface area (Å²) in [5.41, 5.74) is 1.80. The van der Waals surface area contributed by atoms with Crippen LogP contribution >= 0.6 is 11.3 Å². The summed E-state index contributed by atoms with van der Waals surface area (Å²) in [4.78, 5) is 14.7. The number of hydrogen-bond donors (Lipinski definition) is 0. The number of ether oxygens (including phenoxy) is 2. The number of rotatable bonds is 5. The summed E-state index contributed by atoms with van der Waals surface area (Å²) in [6, 6.07) is 7.81. The third kappa shape index (κ3) is 4.17. The molecule has 2 aromatic heterocycles. The van der Waals surface area contributed by atoms with Gasteiger partial charge in [-0.2, -0.15) is 11.3 Å². The highest BCUT2D eigenvalue weighted by molar-refractivity contribution is 7.08. The Bertz CT molecular complexity index is 1080. The molecule has 2 aliphatic rings. The van der Waals surface area contributed by atoms with Crippen molar-refractivity contribution in [3.8, 4) is 23.0 Å².